The first-order valence-electron chi connectivity index (χ1n) is 8.22. The summed E-state index contributed by atoms with van der Waals surface area (Å²) < 4.78 is 5.87. The number of nitrogens with one attached hydrogen (secondary N) is 1. The summed E-state index contributed by atoms with van der Waals surface area (Å²) in [6, 6.07) is 0. The van der Waals surface area contributed by atoms with Crippen molar-refractivity contribution in [3.63, 3.8) is 0 Å². The van der Waals surface area contributed by atoms with E-state index in [1.165, 1.54) is 32.2 Å². The van der Waals surface area contributed by atoms with Crippen LogP contribution in [0.3, 0.4) is 0 Å². The van der Waals surface area contributed by atoms with E-state index >= 15 is 0 Å². The summed E-state index contributed by atoms with van der Waals surface area (Å²) in [7, 11) is 0. The van der Waals surface area contributed by atoms with E-state index in [0.29, 0.717) is 12.2 Å². The van der Waals surface area contributed by atoms with Gasteiger partial charge in [0.1, 0.15) is 0 Å². The van der Waals surface area contributed by atoms with Gasteiger partial charge < -0.3 is 15.8 Å². The highest BCUT2D eigenvalue weighted by atomic mass is 16.5. The monoisotopic (exact) mass is 266 g/mol. The Bertz CT molecular complexity index is 290. The first-order valence-corrected chi connectivity index (χ1v) is 8.22. The molecule has 0 spiro atoms. The van der Waals surface area contributed by atoms with Crippen LogP contribution in [0.2, 0.25) is 0 Å². The SMILES string of the molecule is CC1CC(CN)(NCC(C2CC2)C2CC2)CC(C)O1. The maximum Gasteiger partial charge on any atom is 0.0568 e. The van der Waals surface area contributed by atoms with Gasteiger partial charge in [0, 0.05) is 12.1 Å². The Kier molecular flexibility index (Phi) is 3.89. The molecule has 2 atom stereocenters. The van der Waals surface area contributed by atoms with Crippen LogP contribution < -0.4 is 11.1 Å². The van der Waals surface area contributed by atoms with Crippen molar-refractivity contribution in [3.8, 4) is 0 Å². The van der Waals surface area contributed by atoms with E-state index in [4.69, 9.17) is 10.5 Å². The highest BCUT2D eigenvalue weighted by Crippen LogP contribution is 2.49. The molecule has 110 valence electrons. The normalized spacial score (nSPS) is 39.8. The average Bonchev–Trinajstić information content (AvgIpc) is 3.22. The Morgan fingerprint density at radius 1 is 1.11 bits per heavy atom. The summed E-state index contributed by atoms with van der Waals surface area (Å²) >= 11 is 0. The molecule has 1 aliphatic heterocycles. The fraction of sp³-hybridized carbons (Fsp3) is 1.00. The summed E-state index contributed by atoms with van der Waals surface area (Å²) in [5, 5.41) is 3.88. The Morgan fingerprint density at radius 3 is 2.05 bits per heavy atom. The van der Waals surface area contributed by atoms with Crippen LogP contribution in [0.1, 0.15) is 52.4 Å². The Morgan fingerprint density at radius 2 is 1.63 bits per heavy atom. The van der Waals surface area contributed by atoms with Crippen LogP contribution in [0.15, 0.2) is 0 Å². The molecule has 19 heavy (non-hydrogen) atoms. The van der Waals surface area contributed by atoms with Crippen molar-refractivity contribution < 1.29 is 4.74 Å². The summed E-state index contributed by atoms with van der Waals surface area (Å²) in [5.74, 6) is 2.96. The maximum atomic E-state index is 6.11. The van der Waals surface area contributed by atoms with Crippen LogP contribution in [0.5, 0.6) is 0 Å². The van der Waals surface area contributed by atoms with E-state index < -0.39 is 0 Å². The van der Waals surface area contributed by atoms with Gasteiger partial charge in [-0.05, 0) is 76.7 Å². The number of hydrogen-bond acceptors (Lipinski definition) is 3. The zero-order valence-electron chi connectivity index (χ0n) is 12.5. The van der Waals surface area contributed by atoms with Crippen molar-refractivity contribution in [2.75, 3.05) is 13.1 Å². The first kappa shape index (κ1) is 13.8. The lowest BCUT2D eigenvalue weighted by atomic mass is 9.83. The van der Waals surface area contributed by atoms with Gasteiger partial charge >= 0.3 is 0 Å². The molecule has 1 saturated heterocycles. The zero-order chi connectivity index (χ0) is 13.5. The lowest BCUT2D eigenvalue weighted by Crippen LogP contribution is -2.59. The molecule has 2 saturated carbocycles. The van der Waals surface area contributed by atoms with Gasteiger partial charge in [0.05, 0.1) is 12.2 Å². The predicted octanol–water partition coefficient (Wildman–Crippen LogP) is 2.30. The highest BCUT2D eigenvalue weighted by Gasteiger charge is 2.43. The second-order valence-corrected chi connectivity index (χ2v) is 7.37. The first-order chi connectivity index (χ1) is 9.12. The molecule has 3 nitrogen and oxygen atoms in total. The molecule has 0 aromatic heterocycles. The maximum absolute atomic E-state index is 6.11. The molecule has 2 unspecified atom stereocenters. The average molecular weight is 266 g/mol. The molecule has 3 rings (SSSR count). The van der Waals surface area contributed by atoms with Crippen LogP contribution >= 0.6 is 0 Å². The summed E-state index contributed by atoms with van der Waals surface area (Å²) in [5.41, 5.74) is 6.24. The molecule has 3 aliphatic rings. The third kappa shape index (κ3) is 3.32. The summed E-state index contributed by atoms with van der Waals surface area (Å²) in [6.07, 6.45) is 8.66. The van der Waals surface area contributed by atoms with Crippen molar-refractivity contribution in [2.24, 2.45) is 23.5 Å². The molecule has 1 heterocycles. The lowest BCUT2D eigenvalue weighted by Gasteiger charge is -2.44. The molecule has 0 aromatic carbocycles. The quantitative estimate of drug-likeness (QED) is 0.775. The Labute approximate surface area is 117 Å². The van der Waals surface area contributed by atoms with Gasteiger partial charge in [0.25, 0.3) is 0 Å². The molecule has 0 aromatic rings. The molecular weight excluding hydrogens is 236 g/mol. The smallest absolute Gasteiger partial charge is 0.0568 e. The molecule has 3 fully saturated rings. The molecule has 0 bridgehead atoms. The molecule has 2 aliphatic carbocycles. The van der Waals surface area contributed by atoms with Crippen molar-refractivity contribution in [2.45, 2.75) is 70.1 Å². The minimum atomic E-state index is 0.124. The number of nitrogens with two attached hydrogens (primary N) is 1. The van der Waals surface area contributed by atoms with Gasteiger partial charge in [-0.3, -0.25) is 0 Å². The predicted molar refractivity (Wildman–Crippen MR) is 78.0 cm³/mol. The number of rotatable bonds is 6. The second kappa shape index (κ2) is 5.34. The van der Waals surface area contributed by atoms with Crippen molar-refractivity contribution in [1.82, 2.24) is 5.32 Å². The van der Waals surface area contributed by atoms with Crippen LogP contribution in [-0.2, 0) is 4.74 Å². The number of ether oxygens (including phenoxy) is 1. The van der Waals surface area contributed by atoms with E-state index in [9.17, 15) is 0 Å². The third-order valence-corrected chi connectivity index (χ3v) is 5.38. The molecule has 0 amide bonds. The third-order valence-electron chi connectivity index (χ3n) is 5.38. The molecule has 0 radical (unpaired) electrons. The largest absolute Gasteiger partial charge is 0.375 e. The van der Waals surface area contributed by atoms with Crippen molar-refractivity contribution in [3.05, 3.63) is 0 Å². The van der Waals surface area contributed by atoms with Gasteiger partial charge in [-0.2, -0.15) is 0 Å². The van der Waals surface area contributed by atoms with E-state index in [2.05, 4.69) is 19.2 Å². The minimum absolute atomic E-state index is 0.124. The number of hydrogen-bond donors (Lipinski definition) is 2. The molecule has 3 heteroatoms. The molecular formula is C16H30N2O. The zero-order valence-corrected chi connectivity index (χ0v) is 12.5. The van der Waals surface area contributed by atoms with E-state index in [0.717, 1.165) is 37.1 Å². The van der Waals surface area contributed by atoms with E-state index in [1.807, 2.05) is 0 Å². The minimum Gasteiger partial charge on any atom is -0.375 e. The van der Waals surface area contributed by atoms with Gasteiger partial charge in [0.15, 0.2) is 0 Å². The topological polar surface area (TPSA) is 47.3 Å². The Hall–Kier alpha value is -0.120. The molecule has 3 N–H and O–H groups in total. The van der Waals surface area contributed by atoms with Crippen molar-refractivity contribution >= 4 is 0 Å². The van der Waals surface area contributed by atoms with Crippen LogP contribution in [0.25, 0.3) is 0 Å². The van der Waals surface area contributed by atoms with Gasteiger partial charge in [0.2, 0.25) is 0 Å². The fourth-order valence-electron chi connectivity index (χ4n) is 4.16. The van der Waals surface area contributed by atoms with Crippen LogP contribution in [0.4, 0.5) is 0 Å². The van der Waals surface area contributed by atoms with Gasteiger partial charge in [-0.25, -0.2) is 0 Å². The standard InChI is InChI=1S/C16H30N2O/c1-11-7-16(10-17,8-12(2)19-11)18-9-15(13-3-4-13)14-5-6-14/h11-15,18H,3-10,17H2,1-2H3. The highest BCUT2D eigenvalue weighted by molar-refractivity contribution is 4.99. The van der Waals surface area contributed by atoms with Crippen LogP contribution in [0, 0.1) is 17.8 Å². The van der Waals surface area contributed by atoms with Gasteiger partial charge in [-0.1, -0.05) is 0 Å². The van der Waals surface area contributed by atoms with E-state index in [-0.39, 0.29) is 5.54 Å². The second-order valence-electron chi connectivity index (χ2n) is 7.37. The Balaban J connectivity index is 1.58. The summed E-state index contributed by atoms with van der Waals surface area (Å²) in [4.78, 5) is 0. The lowest BCUT2D eigenvalue weighted by molar-refractivity contribution is -0.0679. The van der Waals surface area contributed by atoms with Crippen molar-refractivity contribution in [1.29, 1.82) is 0 Å². The fourth-order valence-corrected chi connectivity index (χ4v) is 4.16. The van der Waals surface area contributed by atoms with E-state index in [1.54, 1.807) is 0 Å². The summed E-state index contributed by atoms with van der Waals surface area (Å²) in [6.45, 7) is 6.29. The van der Waals surface area contributed by atoms with Gasteiger partial charge in [-0.15, -0.1) is 0 Å². The van der Waals surface area contributed by atoms with Crippen LogP contribution in [-0.4, -0.2) is 30.8 Å².